The molecule has 2 heterocycles. The summed E-state index contributed by atoms with van der Waals surface area (Å²) in [5.74, 6) is 0.0654. The summed E-state index contributed by atoms with van der Waals surface area (Å²) < 4.78 is 0. The van der Waals surface area contributed by atoms with E-state index in [4.69, 9.17) is 5.11 Å². The molecule has 1 unspecified atom stereocenters. The molecule has 1 aromatic carbocycles. The van der Waals surface area contributed by atoms with Crippen LogP contribution >= 0.6 is 0 Å². The second kappa shape index (κ2) is 5.00. The number of aliphatic hydroxyl groups excluding tert-OH is 2. The van der Waals surface area contributed by atoms with Crippen LogP contribution in [0.25, 0.3) is 0 Å². The monoisotopic (exact) mass is 290 g/mol. The lowest BCUT2D eigenvalue weighted by Crippen LogP contribution is -2.52. The third-order valence-electron chi connectivity index (χ3n) is 4.58. The minimum atomic E-state index is -0.836. The van der Waals surface area contributed by atoms with Gasteiger partial charge in [-0.15, -0.1) is 0 Å². The third kappa shape index (κ3) is 2.30. The molecular weight excluding hydrogens is 268 g/mol. The lowest BCUT2D eigenvalue weighted by atomic mass is 9.76. The number of carbonyl (C=O) groups is 1. The van der Waals surface area contributed by atoms with E-state index in [0.717, 1.165) is 24.3 Å². The zero-order valence-electron chi connectivity index (χ0n) is 12.5. The number of nitrogens with zero attached hydrogens (tertiary/aromatic N) is 2. The van der Waals surface area contributed by atoms with E-state index in [1.165, 1.54) is 5.56 Å². The molecule has 0 spiro atoms. The first-order valence-corrected chi connectivity index (χ1v) is 7.42. The van der Waals surface area contributed by atoms with Gasteiger partial charge in [0.05, 0.1) is 30.6 Å². The average molecular weight is 290 g/mol. The maximum absolute atomic E-state index is 12.4. The minimum Gasteiger partial charge on any atom is -0.394 e. The first-order valence-electron chi connectivity index (χ1n) is 7.42. The molecule has 0 saturated carbocycles. The molecule has 1 amide bonds. The highest BCUT2D eigenvalue weighted by Gasteiger charge is 2.39. The van der Waals surface area contributed by atoms with Gasteiger partial charge in [-0.25, -0.2) is 0 Å². The molecule has 2 N–H and O–H groups in total. The summed E-state index contributed by atoms with van der Waals surface area (Å²) in [6.45, 7) is 5.37. The van der Waals surface area contributed by atoms with Crippen molar-refractivity contribution in [3.63, 3.8) is 0 Å². The molecule has 1 atom stereocenters. The molecule has 2 aliphatic rings. The Balaban J connectivity index is 2.08. The molecule has 0 fully saturated rings. The zero-order chi connectivity index (χ0) is 15.2. The number of anilines is 2. The Morgan fingerprint density at radius 2 is 2.14 bits per heavy atom. The van der Waals surface area contributed by atoms with Gasteiger partial charge in [0.2, 0.25) is 5.91 Å². The van der Waals surface area contributed by atoms with Gasteiger partial charge < -0.3 is 20.0 Å². The van der Waals surface area contributed by atoms with Crippen LogP contribution in [-0.4, -0.2) is 48.5 Å². The van der Waals surface area contributed by atoms with E-state index >= 15 is 0 Å². The lowest BCUT2D eigenvalue weighted by molar-refractivity contribution is -0.117. The topological polar surface area (TPSA) is 64.0 Å². The fourth-order valence-corrected chi connectivity index (χ4v) is 3.31. The number of benzene rings is 1. The van der Waals surface area contributed by atoms with Crippen molar-refractivity contribution in [3.05, 3.63) is 23.8 Å². The van der Waals surface area contributed by atoms with Crippen LogP contribution in [0.1, 0.15) is 25.8 Å². The summed E-state index contributed by atoms with van der Waals surface area (Å²) in [6, 6.07) is 6.08. The molecule has 0 aliphatic carbocycles. The number of hydrogen-bond donors (Lipinski definition) is 2. The van der Waals surface area contributed by atoms with E-state index in [1.54, 1.807) is 0 Å². The molecule has 0 saturated heterocycles. The van der Waals surface area contributed by atoms with Crippen LogP contribution in [0.15, 0.2) is 18.2 Å². The van der Waals surface area contributed by atoms with E-state index in [9.17, 15) is 9.90 Å². The summed E-state index contributed by atoms with van der Waals surface area (Å²) in [6.07, 6.45) is 0.117. The van der Waals surface area contributed by atoms with Gasteiger partial charge in [-0.2, -0.15) is 0 Å². The number of carbonyl (C=O) groups excluding carboxylic acids is 1. The fraction of sp³-hybridized carbons (Fsp3) is 0.562. The molecule has 0 aromatic heterocycles. The quantitative estimate of drug-likeness (QED) is 0.867. The molecule has 0 bridgehead atoms. The van der Waals surface area contributed by atoms with Crippen molar-refractivity contribution in [2.24, 2.45) is 0 Å². The van der Waals surface area contributed by atoms with Crippen molar-refractivity contribution >= 4 is 17.3 Å². The first-order chi connectivity index (χ1) is 9.94. The van der Waals surface area contributed by atoms with E-state index in [0.29, 0.717) is 0 Å². The number of hydrogen-bond acceptors (Lipinski definition) is 4. The molecular formula is C16H22N2O3. The third-order valence-corrected chi connectivity index (χ3v) is 4.58. The number of para-hydroxylation sites is 1. The van der Waals surface area contributed by atoms with E-state index in [1.807, 2.05) is 21.9 Å². The van der Waals surface area contributed by atoms with Crippen molar-refractivity contribution in [1.29, 1.82) is 0 Å². The highest BCUT2D eigenvalue weighted by Crippen LogP contribution is 2.46. The zero-order valence-corrected chi connectivity index (χ0v) is 12.5. The summed E-state index contributed by atoms with van der Waals surface area (Å²) in [7, 11) is 0. The minimum absolute atomic E-state index is 0.0424. The highest BCUT2D eigenvalue weighted by molar-refractivity contribution is 6.04. The van der Waals surface area contributed by atoms with Crippen LogP contribution < -0.4 is 9.80 Å². The molecule has 5 heteroatoms. The maximum atomic E-state index is 12.4. The van der Waals surface area contributed by atoms with Crippen LogP contribution in [0, 0.1) is 0 Å². The van der Waals surface area contributed by atoms with Gasteiger partial charge in [0, 0.05) is 13.1 Å². The Kier molecular flexibility index (Phi) is 3.42. The lowest BCUT2D eigenvalue weighted by Gasteiger charge is -2.45. The Labute approximate surface area is 124 Å². The summed E-state index contributed by atoms with van der Waals surface area (Å²) in [5, 5.41) is 18.8. The maximum Gasteiger partial charge on any atom is 0.246 e. The fourth-order valence-electron chi connectivity index (χ4n) is 3.31. The molecule has 0 radical (unpaired) electrons. The van der Waals surface area contributed by atoms with E-state index in [2.05, 4.69) is 19.9 Å². The summed E-state index contributed by atoms with van der Waals surface area (Å²) in [4.78, 5) is 16.2. The van der Waals surface area contributed by atoms with Gasteiger partial charge in [-0.05, 0) is 23.5 Å². The predicted octanol–water partition coefficient (Wildman–Crippen LogP) is 0.874. The molecule has 3 rings (SSSR count). The number of β-amino-alcohol motifs (C(OH)–C–C–N with tert-alkyl or cyclic N) is 1. The Morgan fingerprint density at radius 3 is 2.86 bits per heavy atom. The van der Waals surface area contributed by atoms with Crippen molar-refractivity contribution in [3.8, 4) is 0 Å². The van der Waals surface area contributed by atoms with E-state index < -0.39 is 6.10 Å². The normalized spacial score (nSPS) is 21.2. The largest absolute Gasteiger partial charge is 0.394 e. The predicted molar refractivity (Wildman–Crippen MR) is 81.7 cm³/mol. The van der Waals surface area contributed by atoms with Crippen molar-refractivity contribution in [2.75, 3.05) is 36.0 Å². The average Bonchev–Trinajstić information content (AvgIpc) is 2.45. The van der Waals surface area contributed by atoms with Crippen molar-refractivity contribution in [2.45, 2.75) is 31.8 Å². The number of amides is 1. The summed E-state index contributed by atoms with van der Waals surface area (Å²) >= 11 is 0. The van der Waals surface area contributed by atoms with Gasteiger partial charge in [0.15, 0.2) is 0 Å². The molecule has 114 valence electrons. The second-order valence-corrected chi connectivity index (χ2v) is 6.57. The summed E-state index contributed by atoms with van der Waals surface area (Å²) in [5.41, 5.74) is 3.19. The Bertz CT molecular complexity index is 571. The van der Waals surface area contributed by atoms with Crippen molar-refractivity contribution < 1.29 is 15.0 Å². The van der Waals surface area contributed by atoms with Crippen LogP contribution in [0.2, 0.25) is 0 Å². The van der Waals surface area contributed by atoms with Crippen LogP contribution in [0.4, 0.5) is 11.4 Å². The molecule has 2 aliphatic heterocycles. The van der Waals surface area contributed by atoms with Crippen LogP contribution in [0.5, 0.6) is 0 Å². The second-order valence-electron chi connectivity index (χ2n) is 6.57. The van der Waals surface area contributed by atoms with Crippen LogP contribution in [-0.2, 0) is 10.2 Å². The smallest absolute Gasteiger partial charge is 0.246 e. The van der Waals surface area contributed by atoms with Gasteiger partial charge >= 0.3 is 0 Å². The van der Waals surface area contributed by atoms with Gasteiger partial charge in [0.25, 0.3) is 0 Å². The first kappa shape index (κ1) is 14.4. The molecule has 21 heavy (non-hydrogen) atoms. The van der Waals surface area contributed by atoms with Gasteiger partial charge in [0.1, 0.15) is 0 Å². The SMILES string of the molecule is CC1(C)CCN2C(=O)CN(CC(O)CO)c3cccc1c32. The standard InChI is InChI=1S/C16H22N2O3/c1-16(2)6-7-18-14(21)9-17(8-11(20)10-19)13-5-3-4-12(16)15(13)18/h3-5,11,19-20H,6-10H2,1-2H3. The van der Waals surface area contributed by atoms with Crippen molar-refractivity contribution in [1.82, 2.24) is 0 Å². The molecule has 1 aromatic rings. The Morgan fingerprint density at radius 1 is 1.38 bits per heavy atom. The highest BCUT2D eigenvalue weighted by atomic mass is 16.3. The number of aliphatic hydroxyl groups is 2. The van der Waals surface area contributed by atoms with E-state index in [-0.39, 0.29) is 31.0 Å². The van der Waals surface area contributed by atoms with Gasteiger partial charge in [-0.1, -0.05) is 26.0 Å². The Hall–Kier alpha value is -1.59. The van der Waals surface area contributed by atoms with Crippen LogP contribution in [0.3, 0.4) is 0 Å². The number of rotatable bonds is 3. The molecule has 5 nitrogen and oxygen atoms in total. The van der Waals surface area contributed by atoms with Gasteiger partial charge in [-0.3, -0.25) is 4.79 Å².